The molecule has 0 aromatic heterocycles. The van der Waals surface area contributed by atoms with E-state index in [9.17, 15) is 18.0 Å². The Labute approximate surface area is 201 Å². The molecule has 8 nitrogen and oxygen atoms in total. The normalized spacial score (nSPS) is 13.5. The second-order valence-corrected chi connectivity index (χ2v) is 10.1. The molecule has 34 heavy (non-hydrogen) atoms. The predicted molar refractivity (Wildman–Crippen MR) is 132 cm³/mol. The summed E-state index contributed by atoms with van der Waals surface area (Å²) in [6.07, 6.45) is -0.169. The summed E-state index contributed by atoms with van der Waals surface area (Å²) in [5.74, 6) is -0.192. The molecule has 0 spiro atoms. The van der Waals surface area contributed by atoms with Crippen molar-refractivity contribution < 1.29 is 22.7 Å². The molecule has 1 N–H and O–H groups in total. The number of nitrogens with zero attached hydrogens (tertiary/aromatic N) is 2. The molecule has 1 heterocycles. The van der Waals surface area contributed by atoms with E-state index in [1.807, 2.05) is 26.0 Å². The van der Waals surface area contributed by atoms with Crippen LogP contribution in [0.25, 0.3) is 5.70 Å². The van der Waals surface area contributed by atoms with Crippen molar-refractivity contribution in [2.75, 3.05) is 25.0 Å². The summed E-state index contributed by atoms with van der Waals surface area (Å²) < 4.78 is 33.1. The molecule has 0 saturated heterocycles. The number of carbonyl (C=O) groups is 2. The lowest BCUT2D eigenvalue weighted by molar-refractivity contribution is -0.116. The fourth-order valence-corrected chi connectivity index (χ4v) is 5.32. The minimum absolute atomic E-state index is 0.00684. The predicted octanol–water partition coefficient (Wildman–Crippen LogP) is 3.96. The summed E-state index contributed by atoms with van der Waals surface area (Å²) in [6.45, 7) is 12.0. The molecule has 2 aromatic rings. The van der Waals surface area contributed by atoms with Gasteiger partial charge in [-0.3, -0.25) is 9.59 Å². The summed E-state index contributed by atoms with van der Waals surface area (Å²) >= 11 is 0. The van der Waals surface area contributed by atoms with Crippen molar-refractivity contribution >= 4 is 33.2 Å². The number of benzene rings is 2. The third-order valence-corrected chi connectivity index (χ3v) is 7.58. The summed E-state index contributed by atoms with van der Waals surface area (Å²) in [5.41, 5.74) is 2.15. The summed E-state index contributed by atoms with van der Waals surface area (Å²) in [4.78, 5) is 27.0. The van der Waals surface area contributed by atoms with E-state index in [0.29, 0.717) is 30.1 Å². The molecule has 2 aromatic carbocycles. The minimum Gasteiger partial charge on any atom is -0.489 e. The largest absolute Gasteiger partial charge is 0.489 e. The van der Waals surface area contributed by atoms with Crippen LogP contribution in [0.4, 0.5) is 5.69 Å². The van der Waals surface area contributed by atoms with Crippen LogP contribution < -0.4 is 10.1 Å². The second kappa shape index (κ2) is 10.4. The molecule has 2 amide bonds. The zero-order valence-corrected chi connectivity index (χ0v) is 20.8. The highest BCUT2D eigenvalue weighted by atomic mass is 32.2. The van der Waals surface area contributed by atoms with Gasteiger partial charge in [-0.2, -0.15) is 4.31 Å². The van der Waals surface area contributed by atoms with Gasteiger partial charge in [-0.15, -0.1) is 0 Å². The molecular weight excluding hydrogens is 454 g/mol. The van der Waals surface area contributed by atoms with E-state index in [2.05, 4.69) is 11.9 Å². The molecule has 0 fully saturated rings. The Kier molecular flexibility index (Phi) is 7.78. The Bertz CT molecular complexity index is 1170. The maximum absolute atomic E-state index is 13.0. The van der Waals surface area contributed by atoms with Gasteiger partial charge in [0.2, 0.25) is 15.9 Å². The maximum Gasteiger partial charge on any atom is 0.258 e. The van der Waals surface area contributed by atoms with Crippen molar-refractivity contribution in [3.8, 4) is 5.75 Å². The van der Waals surface area contributed by atoms with Crippen molar-refractivity contribution in [2.24, 2.45) is 0 Å². The van der Waals surface area contributed by atoms with E-state index >= 15 is 0 Å². The third-order valence-electron chi connectivity index (χ3n) is 5.53. The van der Waals surface area contributed by atoms with E-state index in [4.69, 9.17) is 4.74 Å². The maximum atomic E-state index is 13.0. The Hall–Kier alpha value is -3.17. The van der Waals surface area contributed by atoms with Gasteiger partial charge in [0.1, 0.15) is 5.75 Å². The molecule has 0 radical (unpaired) electrons. The molecule has 1 aliphatic heterocycles. The highest BCUT2D eigenvalue weighted by Gasteiger charge is 2.30. The topological polar surface area (TPSA) is 96.0 Å². The summed E-state index contributed by atoms with van der Waals surface area (Å²) in [6, 6.07) is 11.6. The Morgan fingerprint density at radius 2 is 1.76 bits per heavy atom. The molecule has 0 unspecified atom stereocenters. The van der Waals surface area contributed by atoms with Crippen molar-refractivity contribution in [2.45, 2.75) is 45.1 Å². The lowest BCUT2D eigenvalue weighted by Crippen LogP contribution is -2.30. The lowest BCUT2D eigenvalue weighted by Gasteiger charge is -2.21. The second-order valence-electron chi connectivity index (χ2n) is 8.16. The first-order chi connectivity index (χ1) is 16.1. The molecule has 0 aliphatic carbocycles. The van der Waals surface area contributed by atoms with Gasteiger partial charge >= 0.3 is 0 Å². The first kappa shape index (κ1) is 25.5. The van der Waals surface area contributed by atoms with Gasteiger partial charge in [-0.05, 0) is 38.1 Å². The van der Waals surface area contributed by atoms with Crippen molar-refractivity contribution in [3.63, 3.8) is 0 Å². The smallest absolute Gasteiger partial charge is 0.258 e. The lowest BCUT2D eigenvalue weighted by atomic mass is 10.1. The highest BCUT2D eigenvalue weighted by Crippen LogP contribution is 2.32. The van der Waals surface area contributed by atoms with Crippen LogP contribution in [-0.4, -0.2) is 55.2 Å². The van der Waals surface area contributed by atoms with Gasteiger partial charge < -0.3 is 15.0 Å². The molecule has 0 atom stereocenters. The number of anilines is 1. The number of hydrogen-bond donors (Lipinski definition) is 1. The van der Waals surface area contributed by atoms with Crippen molar-refractivity contribution in [1.29, 1.82) is 0 Å². The number of rotatable bonds is 10. The van der Waals surface area contributed by atoms with Gasteiger partial charge in [-0.1, -0.05) is 38.6 Å². The SMILES string of the molecule is C=C1c2ccccc2C(=O)N1CCC(=O)Nc1cc(S(=O)(=O)N(CC)CC)ccc1OC(C)C. The van der Waals surface area contributed by atoms with E-state index in [0.717, 1.165) is 5.56 Å². The summed E-state index contributed by atoms with van der Waals surface area (Å²) in [5, 5.41) is 2.76. The molecule has 182 valence electrons. The molecule has 9 heteroatoms. The van der Waals surface area contributed by atoms with Crippen LogP contribution >= 0.6 is 0 Å². The fourth-order valence-electron chi connectivity index (χ4n) is 3.83. The first-order valence-electron chi connectivity index (χ1n) is 11.3. The van der Waals surface area contributed by atoms with Crippen LogP contribution in [0.5, 0.6) is 5.75 Å². The fraction of sp³-hybridized carbons (Fsp3) is 0.360. The molecule has 3 rings (SSSR count). The third kappa shape index (κ3) is 5.15. The number of hydrogen-bond acceptors (Lipinski definition) is 5. The summed E-state index contributed by atoms with van der Waals surface area (Å²) in [7, 11) is -3.71. The number of fused-ring (bicyclic) bond motifs is 1. The molecular formula is C25H31N3O5S. The van der Waals surface area contributed by atoms with E-state index in [-0.39, 0.29) is 41.5 Å². The van der Waals surface area contributed by atoms with Crippen LogP contribution in [0.2, 0.25) is 0 Å². The van der Waals surface area contributed by atoms with Crippen LogP contribution in [0.1, 0.15) is 50.0 Å². The van der Waals surface area contributed by atoms with Crippen LogP contribution in [0, 0.1) is 0 Å². The molecule has 1 aliphatic rings. The van der Waals surface area contributed by atoms with Crippen LogP contribution in [0.3, 0.4) is 0 Å². The first-order valence-corrected chi connectivity index (χ1v) is 12.7. The van der Waals surface area contributed by atoms with Gasteiger partial charge in [-0.25, -0.2) is 8.42 Å². The minimum atomic E-state index is -3.71. The standard InChI is InChI=1S/C25H31N3O5S/c1-6-27(7-2)34(31,32)19-12-13-23(33-17(3)4)22(16-19)26-24(29)14-15-28-18(5)20-10-8-9-11-21(20)25(28)30/h8-13,16-17H,5-7,14-15H2,1-4H3,(H,26,29). The number of nitrogens with one attached hydrogen (secondary N) is 1. The van der Waals surface area contributed by atoms with E-state index in [1.165, 1.54) is 21.3 Å². The van der Waals surface area contributed by atoms with E-state index in [1.54, 1.807) is 32.0 Å². The number of carbonyl (C=O) groups excluding carboxylic acids is 2. The Morgan fingerprint density at radius 3 is 2.35 bits per heavy atom. The average Bonchev–Trinajstić information content (AvgIpc) is 3.03. The average molecular weight is 486 g/mol. The zero-order valence-electron chi connectivity index (χ0n) is 20.0. The van der Waals surface area contributed by atoms with Gasteiger partial charge in [0.05, 0.1) is 16.7 Å². The van der Waals surface area contributed by atoms with E-state index < -0.39 is 10.0 Å². The van der Waals surface area contributed by atoms with Gasteiger partial charge in [0.25, 0.3) is 5.91 Å². The molecule has 0 saturated carbocycles. The Morgan fingerprint density at radius 1 is 1.12 bits per heavy atom. The zero-order chi connectivity index (χ0) is 25.0. The van der Waals surface area contributed by atoms with Crippen molar-refractivity contribution in [1.82, 2.24) is 9.21 Å². The number of ether oxygens (including phenoxy) is 1. The number of amides is 2. The number of sulfonamides is 1. The highest BCUT2D eigenvalue weighted by molar-refractivity contribution is 7.89. The van der Waals surface area contributed by atoms with Gasteiger partial charge in [0.15, 0.2) is 0 Å². The molecule has 0 bridgehead atoms. The van der Waals surface area contributed by atoms with Crippen molar-refractivity contribution in [3.05, 3.63) is 60.2 Å². The van der Waals surface area contributed by atoms with Crippen LogP contribution in [0.15, 0.2) is 53.9 Å². The van der Waals surface area contributed by atoms with Crippen LogP contribution in [-0.2, 0) is 14.8 Å². The monoisotopic (exact) mass is 485 g/mol. The van der Waals surface area contributed by atoms with Gasteiger partial charge in [0, 0.05) is 42.9 Å². The Balaban J connectivity index is 1.78. The quantitative estimate of drug-likeness (QED) is 0.550.